The Labute approximate surface area is 145 Å². The molecule has 0 unspecified atom stereocenters. The second kappa shape index (κ2) is 7.78. The molecule has 2 amide bonds. The average molecular weight is 342 g/mol. The number of aryl methyl sites for hydroxylation is 1. The van der Waals surface area contributed by atoms with Crippen LogP contribution in [-0.4, -0.2) is 52.1 Å². The van der Waals surface area contributed by atoms with E-state index in [0.29, 0.717) is 18.8 Å². The molecule has 0 atom stereocenters. The van der Waals surface area contributed by atoms with E-state index >= 15 is 0 Å². The predicted molar refractivity (Wildman–Crippen MR) is 94.5 cm³/mol. The van der Waals surface area contributed by atoms with Gasteiger partial charge in [-0.1, -0.05) is 0 Å². The molecule has 3 rings (SSSR count). The molecule has 0 aromatic carbocycles. The Balaban J connectivity index is 1.55. The monoisotopic (exact) mass is 342 g/mol. The van der Waals surface area contributed by atoms with Gasteiger partial charge in [0.15, 0.2) is 0 Å². The Morgan fingerprint density at radius 2 is 2.12 bits per heavy atom. The number of urea groups is 1. The first-order valence-electron chi connectivity index (χ1n) is 8.36. The van der Waals surface area contributed by atoms with E-state index in [1.165, 1.54) is 12.4 Å². The Bertz CT molecular complexity index is 790. The summed E-state index contributed by atoms with van der Waals surface area (Å²) in [5.74, 6) is 0. The minimum atomic E-state index is -0.225. The number of hydrogen-bond acceptors (Lipinski definition) is 5. The van der Waals surface area contributed by atoms with Gasteiger partial charge in [-0.3, -0.25) is 9.78 Å². The molecule has 2 aromatic rings. The number of hydrogen-bond donors (Lipinski definition) is 2. The van der Waals surface area contributed by atoms with Crippen LogP contribution < -0.4 is 15.8 Å². The second-order valence-corrected chi connectivity index (χ2v) is 6.04. The zero-order valence-corrected chi connectivity index (χ0v) is 14.2. The summed E-state index contributed by atoms with van der Waals surface area (Å²) in [6.07, 6.45) is 4.05. The molecule has 0 saturated carbocycles. The maximum Gasteiger partial charge on any atom is 0.317 e. The van der Waals surface area contributed by atoms with Crippen molar-refractivity contribution in [2.75, 3.05) is 31.1 Å². The summed E-state index contributed by atoms with van der Waals surface area (Å²) in [6.45, 7) is 5.25. The summed E-state index contributed by atoms with van der Waals surface area (Å²) in [4.78, 5) is 38.4. The fourth-order valence-corrected chi connectivity index (χ4v) is 2.89. The molecule has 8 nitrogen and oxygen atoms in total. The molecule has 25 heavy (non-hydrogen) atoms. The maximum atomic E-state index is 12.4. The average Bonchev–Trinajstić information content (AvgIpc) is 2.86. The number of anilines is 1. The first-order chi connectivity index (χ1) is 12.1. The van der Waals surface area contributed by atoms with Crippen LogP contribution in [0, 0.1) is 6.92 Å². The van der Waals surface area contributed by atoms with Gasteiger partial charge in [-0.2, -0.15) is 0 Å². The van der Waals surface area contributed by atoms with Crippen LogP contribution in [0.25, 0.3) is 0 Å². The molecule has 132 valence electrons. The number of H-pyrrole nitrogens is 1. The molecule has 2 aromatic heterocycles. The highest BCUT2D eigenvalue weighted by Crippen LogP contribution is 2.16. The number of rotatable bonds is 3. The van der Waals surface area contributed by atoms with Crippen LogP contribution in [0.5, 0.6) is 0 Å². The molecular formula is C17H22N6O2. The molecule has 0 bridgehead atoms. The molecular weight excluding hydrogens is 320 g/mol. The van der Waals surface area contributed by atoms with Gasteiger partial charge in [0.1, 0.15) is 0 Å². The highest BCUT2D eigenvalue weighted by Gasteiger charge is 2.19. The van der Waals surface area contributed by atoms with Crippen LogP contribution in [0.3, 0.4) is 0 Å². The van der Waals surface area contributed by atoms with Crippen LogP contribution in [-0.2, 0) is 6.54 Å². The molecule has 1 saturated heterocycles. The van der Waals surface area contributed by atoms with Crippen molar-refractivity contribution in [2.24, 2.45) is 0 Å². The number of amides is 2. The molecule has 8 heteroatoms. The fourth-order valence-electron chi connectivity index (χ4n) is 2.89. The molecule has 1 aliphatic heterocycles. The molecule has 1 fully saturated rings. The van der Waals surface area contributed by atoms with E-state index < -0.39 is 0 Å². The summed E-state index contributed by atoms with van der Waals surface area (Å²) >= 11 is 0. The van der Waals surface area contributed by atoms with Crippen molar-refractivity contribution in [3.8, 4) is 0 Å². The van der Waals surface area contributed by atoms with E-state index in [1.807, 2.05) is 19.2 Å². The van der Waals surface area contributed by atoms with Crippen molar-refractivity contribution >= 4 is 11.7 Å². The SMILES string of the molecule is Cc1cc(N2CCCN(C(=O)NCc3cc(=O)[nH]cn3)CC2)ccn1. The van der Waals surface area contributed by atoms with Gasteiger partial charge in [-0.05, 0) is 25.5 Å². The van der Waals surface area contributed by atoms with E-state index in [1.54, 1.807) is 4.90 Å². The second-order valence-electron chi connectivity index (χ2n) is 6.04. The van der Waals surface area contributed by atoms with Gasteiger partial charge in [0, 0.05) is 49.8 Å². The molecule has 2 N–H and O–H groups in total. The quantitative estimate of drug-likeness (QED) is 0.864. The zero-order chi connectivity index (χ0) is 17.6. The molecule has 3 heterocycles. The zero-order valence-electron chi connectivity index (χ0n) is 14.2. The van der Waals surface area contributed by atoms with Crippen molar-refractivity contribution in [3.05, 3.63) is 52.5 Å². The minimum Gasteiger partial charge on any atom is -0.370 e. The highest BCUT2D eigenvalue weighted by atomic mass is 16.2. The van der Waals surface area contributed by atoms with E-state index in [4.69, 9.17) is 0 Å². The van der Waals surface area contributed by atoms with E-state index in [-0.39, 0.29) is 18.1 Å². The number of nitrogens with zero attached hydrogens (tertiary/aromatic N) is 4. The van der Waals surface area contributed by atoms with Crippen molar-refractivity contribution < 1.29 is 4.79 Å². The number of pyridine rings is 1. The minimum absolute atomic E-state index is 0.130. The lowest BCUT2D eigenvalue weighted by molar-refractivity contribution is 0.201. The van der Waals surface area contributed by atoms with Crippen LogP contribution in [0.2, 0.25) is 0 Å². The summed E-state index contributed by atoms with van der Waals surface area (Å²) in [6, 6.07) is 5.32. The summed E-state index contributed by atoms with van der Waals surface area (Å²) in [5.41, 5.74) is 2.45. The van der Waals surface area contributed by atoms with Gasteiger partial charge in [0.2, 0.25) is 0 Å². The lowest BCUT2D eigenvalue weighted by Gasteiger charge is -2.24. The van der Waals surface area contributed by atoms with Crippen molar-refractivity contribution in [3.63, 3.8) is 0 Å². The first kappa shape index (κ1) is 16.9. The molecule has 0 aliphatic carbocycles. The number of aromatic amines is 1. The van der Waals surface area contributed by atoms with Crippen molar-refractivity contribution in [1.29, 1.82) is 0 Å². The lowest BCUT2D eigenvalue weighted by Crippen LogP contribution is -2.42. The smallest absolute Gasteiger partial charge is 0.317 e. The van der Waals surface area contributed by atoms with Gasteiger partial charge < -0.3 is 20.1 Å². The Hall–Kier alpha value is -2.90. The summed E-state index contributed by atoms with van der Waals surface area (Å²) < 4.78 is 0. The number of nitrogens with one attached hydrogen (secondary N) is 2. The topological polar surface area (TPSA) is 94.2 Å². The van der Waals surface area contributed by atoms with Crippen molar-refractivity contribution in [1.82, 2.24) is 25.2 Å². The Morgan fingerprint density at radius 3 is 2.92 bits per heavy atom. The standard InChI is InChI=1S/C17H22N6O2/c1-13-9-15(3-4-18-13)22-5-2-6-23(8-7-22)17(25)19-11-14-10-16(24)21-12-20-14/h3-4,9-10,12H,2,5-8,11H2,1H3,(H,19,25)(H,20,21,24). The maximum absolute atomic E-state index is 12.4. The predicted octanol–water partition coefficient (Wildman–Crippen LogP) is 0.895. The molecule has 1 aliphatic rings. The number of carbonyl (C=O) groups excluding carboxylic acids is 1. The fraction of sp³-hybridized carbons (Fsp3) is 0.412. The van der Waals surface area contributed by atoms with Gasteiger partial charge in [0.05, 0.1) is 18.6 Å². The number of carbonyl (C=O) groups is 1. The van der Waals surface area contributed by atoms with E-state index in [2.05, 4.69) is 31.2 Å². The van der Waals surface area contributed by atoms with Crippen LogP contribution in [0.15, 0.2) is 35.5 Å². The van der Waals surface area contributed by atoms with Crippen LogP contribution in [0.1, 0.15) is 17.8 Å². The summed E-state index contributed by atoms with van der Waals surface area (Å²) in [7, 11) is 0. The third-order valence-corrected chi connectivity index (χ3v) is 4.18. The molecule has 0 radical (unpaired) electrons. The van der Waals surface area contributed by atoms with Crippen LogP contribution in [0.4, 0.5) is 10.5 Å². The normalized spacial score (nSPS) is 14.9. The highest BCUT2D eigenvalue weighted by molar-refractivity contribution is 5.74. The summed E-state index contributed by atoms with van der Waals surface area (Å²) in [5, 5.41) is 2.83. The Kier molecular flexibility index (Phi) is 5.27. The van der Waals surface area contributed by atoms with Gasteiger partial charge in [0.25, 0.3) is 5.56 Å². The van der Waals surface area contributed by atoms with E-state index in [0.717, 1.165) is 30.9 Å². The van der Waals surface area contributed by atoms with Gasteiger partial charge >= 0.3 is 6.03 Å². The number of aromatic nitrogens is 3. The first-order valence-corrected chi connectivity index (χ1v) is 8.36. The third-order valence-electron chi connectivity index (χ3n) is 4.18. The van der Waals surface area contributed by atoms with E-state index in [9.17, 15) is 9.59 Å². The molecule has 0 spiro atoms. The van der Waals surface area contributed by atoms with Gasteiger partial charge in [-0.25, -0.2) is 9.78 Å². The Morgan fingerprint density at radius 1 is 1.24 bits per heavy atom. The van der Waals surface area contributed by atoms with Crippen LogP contribution >= 0.6 is 0 Å². The lowest BCUT2D eigenvalue weighted by atomic mass is 10.3. The van der Waals surface area contributed by atoms with Gasteiger partial charge in [-0.15, -0.1) is 0 Å². The third kappa shape index (κ3) is 4.56. The van der Waals surface area contributed by atoms with Crippen molar-refractivity contribution in [2.45, 2.75) is 19.9 Å². The largest absolute Gasteiger partial charge is 0.370 e.